The van der Waals surface area contributed by atoms with Crippen molar-refractivity contribution in [1.29, 1.82) is 0 Å². The first-order chi connectivity index (χ1) is 14.5. The Hall–Kier alpha value is -3.75. The van der Waals surface area contributed by atoms with E-state index in [0.717, 1.165) is 0 Å². The number of hydrogen-bond acceptors (Lipinski definition) is 7. The van der Waals surface area contributed by atoms with Gasteiger partial charge in [0, 0.05) is 31.1 Å². The Morgan fingerprint density at radius 3 is 2.57 bits per heavy atom. The Labute approximate surface area is 172 Å². The van der Waals surface area contributed by atoms with Crippen molar-refractivity contribution in [3.05, 3.63) is 75.9 Å². The Bertz CT molecular complexity index is 1060. The van der Waals surface area contributed by atoms with E-state index in [1.165, 1.54) is 18.2 Å². The third kappa shape index (κ3) is 4.14. The van der Waals surface area contributed by atoms with Gasteiger partial charge in [0.1, 0.15) is 11.5 Å². The van der Waals surface area contributed by atoms with Crippen molar-refractivity contribution >= 4 is 11.6 Å². The van der Waals surface area contributed by atoms with Crippen LogP contribution in [0.3, 0.4) is 0 Å². The number of para-hydroxylation sites is 1. The first kappa shape index (κ1) is 19.6. The Morgan fingerprint density at radius 2 is 1.93 bits per heavy atom. The van der Waals surface area contributed by atoms with Crippen LogP contribution in [0.4, 0.5) is 5.69 Å². The van der Waals surface area contributed by atoms with Gasteiger partial charge in [-0.3, -0.25) is 14.9 Å². The zero-order valence-electron chi connectivity index (χ0n) is 16.4. The van der Waals surface area contributed by atoms with Gasteiger partial charge in [0.15, 0.2) is 5.82 Å². The predicted octanol–water partition coefficient (Wildman–Crippen LogP) is 4.10. The van der Waals surface area contributed by atoms with Crippen molar-refractivity contribution in [1.82, 2.24) is 15.0 Å². The van der Waals surface area contributed by atoms with E-state index < -0.39 is 4.92 Å². The average molecular weight is 408 g/mol. The standard InChI is InChI=1S/C21H20N4O5/c1-14-22-20(30-23-14)15-9-11-24(12-10-15)21(26)18-13-16(25(27)28)7-8-19(18)29-17-5-3-2-4-6-17/h2-8,13,15H,9-12H2,1H3. The van der Waals surface area contributed by atoms with E-state index in [0.29, 0.717) is 43.4 Å². The van der Waals surface area contributed by atoms with Gasteiger partial charge in [0.25, 0.3) is 11.6 Å². The third-order valence-corrected chi connectivity index (χ3v) is 5.05. The molecule has 0 unspecified atom stereocenters. The smallest absolute Gasteiger partial charge is 0.270 e. The largest absolute Gasteiger partial charge is 0.457 e. The van der Waals surface area contributed by atoms with Gasteiger partial charge in [-0.1, -0.05) is 23.4 Å². The first-order valence-electron chi connectivity index (χ1n) is 9.62. The summed E-state index contributed by atoms with van der Waals surface area (Å²) in [4.78, 5) is 29.9. The highest BCUT2D eigenvalue weighted by Crippen LogP contribution is 2.32. The maximum Gasteiger partial charge on any atom is 0.270 e. The molecule has 0 N–H and O–H groups in total. The van der Waals surface area contributed by atoms with Crippen LogP contribution >= 0.6 is 0 Å². The normalized spacial score (nSPS) is 14.5. The number of carbonyl (C=O) groups excluding carboxylic acids is 1. The lowest BCUT2D eigenvalue weighted by molar-refractivity contribution is -0.384. The molecule has 1 aromatic heterocycles. The van der Waals surface area contributed by atoms with Crippen LogP contribution in [0.15, 0.2) is 53.1 Å². The zero-order valence-corrected chi connectivity index (χ0v) is 16.4. The Kier molecular flexibility index (Phi) is 5.42. The molecule has 0 radical (unpaired) electrons. The third-order valence-electron chi connectivity index (χ3n) is 5.05. The van der Waals surface area contributed by atoms with Crippen LogP contribution in [0.5, 0.6) is 11.5 Å². The molecule has 9 heteroatoms. The van der Waals surface area contributed by atoms with Crippen LogP contribution < -0.4 is 4.74 Å². The second-order valence-electron chi connectivity index (χ2n) is 7.10. The lowest BCUT2D eigenvalue weighted by atomic mass is 9.96. The molecule has 1 saturated heterocycles. The quantitative estimate of drug-likeness (QED) is 0.461. The van der Waals surface area contributed by atoms with E-state index in [2.05, 4.69) is 10.1 Å². The first-order valence-corrected chi connectivity index (χ1v) is 9.62. The summed E-state index contributed by atoms with van der Waals surface area (Å²) < 4.78 is 11.1. The molecule has 0 aliphatic carbocycles. The van der Waals surface area contributed by atoms with Crippen LogP contribution in [0.2, 0.25) is 0 Å². The molecule has 1 fully saturated rings. The summed E-state index contributed by atoms with van der Waals surface area (Å²) in [7, 11) is 0. The number of benzene rings is 2. The minimum Gasteiger partial charge on any atom is -0.457 e. The molecule has 9 nitrogen and oxygen atoms in total. The Balaban J connectivity index is 1.55. The summed E-state index contributed by atoms with van der Waals surface area (Å²) >= 11 is 0. The molecule has 154 valence electrons. The van der Waals surface area contributed by atoms with E-state index in [4.69, 9.17) is 9.26 Å². The van der Waals surface area contributed by atoms with Gasteiger partial charge < -0.3 is 14.2 Å². The molecule has 4 rings (SSSR count). The number of likely N-dealkylation sites (tertiary alicyclic amines) is 1. The van der Waals surface area contributed by atoms with Gasteiger partial charge in [-0.15, -0.1) is 0 Å². The zero-order chi connectivity index (χ0) is 21.1. The summed E-state index contributed by atoms with van der Waals surface area (Å²) in [5.74, 6) is 1.80. The summed E-state index contributed by atoms with van der Waals surface area (Å²) in [5.41, 5.74) is 0.00937. The molecule has 1 amide bonds. The number of rotatable bonds is 5. The topological polar surface area (TPSA) is 112 Å². The number of amides is 1. The minimum absolute atomic E-state index is 0.0976. The van der Waals surface area contributed by atoms with Gasteiger partial charge >= 0.3 is 0 Å². The van der Waals surface area contributed by atoms with Gasteiger partial charge in [-0.2, -0.15) is 4.98 Å². The van der Waals surface area contributed by atoms with Crippen molar-refractivity contribution < 1.29 is 19.0 Å². The van der Waals surface area contributed by atoms with Crippen molar-refractivity contribution in [2.75, 3.05) is 13.1 Å². The fourth-order valence-corrected chi connectivity index (χ4v) is 3.48. The van der Waals surface area contributed by atoms with E-state index in [1.54, 1.807) is 24.0 Å². The van der Waals surface area contributed by atoms with Gasteiger partial charge in [0.05, 0.1) is 10.5 Å². The highest BCUT2D eigenvalue weighted by atomic mass is 16.6. The van der Waals surface area contributed by atoms with E-state index in [-0.39, 0.29) is 28.8 Å². The monoisotopic (exact) mass is 408 g/mol. The van der Waals surface area contributed by atoms with Gasteiger partial charge in [-0.05, 0) is 38.0 Å². The number of aryl methyl sites for hydroxylation is 1. The molecule has 0 atom stereocenters. The SMILES string of the molecule is Cc1noc(C2CCN(C(=O)c3cc([N+](=O)[O-])ccc3Oc3ccccc3)CC2)n1. The molecule has 0 saturated carbocycles. The maximum atomic E-state index is 13.2. The number of nitrogens with zero attached hydrogens (tertiary/aromatic N) is 4. The summed E-state index contributed by atoms with van der Waals surface area (Å²) in [6.07, 6.45) is 1.36. The minimum atomic E-state index is -0.521. The number of ether oxygens (including phenoxy) is 1. The van der Waals surface area contributed by atoms with E-state index >= 15 is 0 Å². The molecule has 2 heterocycles. The number of nitro groups is 1. The van der Waals surface area contributed by atoms with Crippen molar-refractivity contribution in [3.8, 4) is 11.5 Å². The maximum absolute atomic E-state index is 13.2. The number of hydrogen-bond donors (Lipinski definition) is 0. The van der Waals surface area contributed by atoms with E-state index in [9.17, 15) is 14.9 Å². The molecule has 30 heavy (non-hydrogen) atoms. The highest BCUT2D eigenvalue weighted by molar-refractivity contribution is 5.97. The van der Waals surface area contributed by atoms with Gasteiger partial charge in [0.2, 0.25) is 5.89 Å². The average Bonchev–Trinajstić information content (AvgIpc) is 3.20. The van der Waals surface area contributed by atoms with Crippen molar-refractivity contribution in [3.63, 3.8) is 0 Å². The number of aromatic nitrogens is 2. The van der Waals surface area contributed by atoms with Gasteiger partial charge in [-0.25, -0.2) is 0 Å². The van der Waals surface area contributed by atoms with Crippen LogP contribution in [0, 0.1) is 17.0 Å². The second kappa shape index (κ2) is 8.32. The van der Waals surface area contributed by atoms with Crippen molar-refractivity contribution in [2.45, 2.75) is 25.7 Å². The number of carbonyl (C=O) groups is 1. The molecule has 0 spiro atoms. The van der Waals surface area contributed by atoms with Crippen LogP contribution in [0.25, 0.3) is 0 Å². The molecule has 3 aromatic rings. The summed E-state index contributed by atoms with van der Waals surface area (Å²) in [5, 5.41) is 15.1. The lowest BCUT2D eigenvalue weighted by Gasteiger charge is -2.30. The van der Waals surface area contributed by atoms with E-state index in [1.807, 2.05) is 18.2 Å². The molecule has 1 aliphatic rings. The molecule has 0 bridgehead atoms. The molecule has 1 aliphatic heterocycles. The number of non-ortho nitro benzene ring substituents is 1. The summed E-state index contributed by atoms with van der Waals surface area (Å²) in [6, 6.07) is 13.1. The van der Waals surface area contributed by atoms with Crippen LogP contribution in [-0.4, -0.2) is 39.0 Å². The molecular weight excluding hydrogens is 388 g/mol. The number of piperidine rings is 1. The number of nitro benzene ring substituents is 1. The highest BCUT2D eigenvalue weighted by Gasteiger charge is 2.30. The van der Waals surface area contributed by atoms with Crippen LogP contribution in [-0.2, 0) is 0 Å². The Morgan fingerprint density at radius 1 is 1.20 bits per heavy atom. The second-order valence-corrected chi connectivity index (χ2v) is 7.10. The van der Waals surface area contributed by atoms with Crippen LogP contribution in [0.1, 0.15) is 40.8 Å². The lowest BCUT2D eigenvalue weighted by Crippen LogP contribution is -2.38. The predicted molar refractivity (Wildman–Crippen MR) is 107 cm³/mol. The molecule has 2 aromatic carbocycles. The molecular formula is C21H20N4O5. The summed E-state index contributed by atoms with van der Waals surface area (Å²) in [6.45, 7) is 2.74. The van der Waals surface area contributed by atoms with Crippen molar-refractivity contribution in [2.24, 2.45) is 0 Å². The fourth-order valence-electron chi connectivity index (χ4n) is 3.48. The fraction of sp³-hybridized carbons (Fsp3) is 0.286.